The molecule has 0 saturated heterocycles. The molecular weight excluding hydrogens is 771 g/mol. The lowest BCUT2D eigenvalue weighted by molar-refractivity contribution is 0.660. The predicted octanol–water partition coefficient (Wildman–Crippen LogP) is 17.1. The van der Waals surface area contributed by atoms with Crippen LogP contribution in [0.4, 0.5) is 17.1 Å². The Morgan fingerprint density at radius 2 is 0.469 bits per heavy atom. The molecule has 0 bridgehead atoms. The maximum atomic E-state index is 2.39. The molecule has 0 unspecified atom stereocenters. The molecule has 3 aliphatic rings. The van der Waals surface area contributed by atoms with Crippen LogP contribution in [-0.2, 0) is 16.2 Å². The third kappa shape index (κ3) is 5.70. The van der Waals surface area contributed by atoms with E-state index in [1.54, 1.807) is 0 Å². The second-order valence-electron chi connectivity index (χ2n) is 19.8. The lowest BCUT2D eigenvalue weighted by atomic mass is 9.82. The molecule has 64 heavy (non-hydrogen) atoms. The first kappa shape index (κ1) is 38.5. The Balaban J connectivity index is 0.911. The molecule has 0 radical (unpaired) electrons. The Kier molecular flexibility index (Phi) is 8.35. The Hall–Kier alpha value is -7.22. The molecule has 0 atom stereocenters. The molecule has 12 rings (SSSR count). The van der Waals surface area contributed by atoms with Crippen LogP contribution in [0.5, 0.6) is 0 Å². The molecule has 0 spiro atoms. The van der Waals surface area contributed by atoms with E-state index in [-0.39, 0.29) is 16.2 Å². The van der Waals surface area contributed by atoms with Gasteiger partial charge in [-0.1, -0.05) is 187 Å². The van der Waals surface area contributed by atoms with Crippen molar-refractivity contribution in [1.29, 1.82) is 0 Å². The molecule has 0 N–H and O–H groups in total. The van der Waals surface area contributed by atoms with Crippen LogP contribution in [0.2, 0.25) is 0 Å². The van der Waals surface area contributed by atoms with Crippen molar-refractivity contribution >= 4 is 17.1 Å². The van der Waals surface area contributed by atoms with Crippen molar-refractivity contribution < 1.29 is 0 Å². The molecule has 9 aromatic rings. The predicted molar refractivity (Wildman–Crippen MR) is 270 cm³/mol. The summed E-state index contributed by atoms with van der Waals surface area (Å²) in [5.74, 6) is 0. The van der Waals surface area contributed by atoms with E-state index in [0.29, 0.717) is 0 Å². The summed E-state index contributed by atoms with van der Waals surface area (Å²) in [4.78, 5) is 2.39. The highest BCUT2D eigenvalue weighted by Gasteiger charge is 2.37. The lowest BCUT2D eigenvalue weighted by Gasteiger charge is -2.26. The van der Waals surface area contributed by atoms with Gasteiger partial charge in [0.15, 0.2) is 0 Å². The number of fused-ring (bicyclic) bond motifs is 9. The lowest BCUT2D eigenvalue weighted by Crippen LogP contribution is -2.14. The van der Waals surface area contributed by atoms with Crippen LogP contribution >= 0.6 is 0 Å². The molecule has 0 aromatic heterocycles. The maximum absolute atomic E-state index is 2.39. The Labute approximate surface area is 378 Å². The van der Waals surface area contributed by atoms with Gasteiger partial charge in [-0.05, 0) is 155 Å². The van der Waals surface area contributed by atoms with Gasteiger partial charge in [-0.15, -0.1) is 0 Å². The maximum Gasteiger partial charge on any atom is 0.0462 e. The molecule has 0 saturated carbocycles. The Bertz CT molecular complexity index is 2970. The van der Waals surface area contributed by atoms with Crippen molar-refractivity contribution in [1.82, 2.24) is 0 Å². The minimum atomic E-state index is -0.00826. The third-order valence-electron chi connectivity index (χ3n) is 15.1. The quantitative estimate of drug-likeness (QED) is 0.161. The van der Waals surface area contributed by atoms with Crippen molar-refractivity contribution in [3.05, 3.63) is 234 Å². The monoisotopic (exact) mass is 821 g/mol. The second kappa shape index (κ2) is 13.9. The number of rotatable bonds is 6. The van der Waals surface area contributed by atoms with Crippen molar-refractivity contribution in [3.8, 4) is 66.8 Å². The zero-order valence-corrected chi connectivity index (χ0v) is 37.5. The molecule has 1 heteroatoms. The number of benzene rings is 9. The van der Waals surface area contributed by atoms with E-state index >= 15 is 0 Å². The van der Waals surface area contributed by atoms with Gasteiger partial charge in [0.2, 0.25) is 0 Å². The van der Waals surface area contributed by atoms with Crippen LogP contribution < -0.4 is 4.90 Å². The normalized spacial score (nSPS) is 15.1. The molecule has 1 nitrogen and oxygen atoms in total. The first-order chi connectivity index (χ1) is 31.0. The topological polar surface area (TPSA) is 3.24 Å². The van der Waals surface area contributed by atoms with Gasteiger partial charge >= 0.3 is 0 Å². The van der Waals surface area contributed by atoms with Crippen LogP contribution in [0.3, 0.4) is 0 Å². The number of hydrogen-bond acceptors (Lipinski definition) is 1. The molecule has 0 amide bonds. The molecule has 0 fully saturated rings. The molecule has 9 aromatic carbocycles. The summed E-state index contributed by atoms with van der Waals surface area (Å²) in [5.41, 5.74) is 27.1. The Morgan fingerprint density at radius 3 is 0.750 bits per heavy atom. The van der Waals surface area contributed by atoms with Crippen molar-refractivity contribution in [2.24, 2.45) is 0 Å². The van der Waals surface area contributed by atoms with E-state index in [1.807, 2.05) is 0 Å². The van der Waals surface area contributed by atoms with E-state index in [0.717, 1.165) is 17.1 Å². The average Bonchev–Trinajstić information content (AvgIpc) is 3.81. The number of anilines is 3. The zero-order valence-electron chi connectivity index (χ0n) is 37.5. The average molecular weight is 822 g/mol. The van der Waals surface area contributed by atoms with Gasteiger partial charge in [-0.3, -0.25) is 0 Å². The van der Waals surface area contributed by atoms with Crippen molar-refractivity contribution in [3.63, 3.8) is 0 Å². The van der Waals surface area contributed by atoms with E-state index in [4.69, 9.17) is 0 Å². The molecule has 0 heterocycles. The highest BCUT2D eigenvalue weighted by Crippen LogP contribution is 2.52. The molecule has 0 aliphatic heterocycles. The van der Waals surface area contributed by atoms with Crippen molar-refractivity contribution in [2.75, 3.05) is 4.90 Å². The van der Waals surface area contributed by atoms with Crippen molar-refractivity contribution in [2.45, 2.75) is 57.8 Å². The van der Waals surface area contributed by atoms with E-state index in [1.165, 1.54) is 100 Å². The molecular formula is C63H51N. The van der Waals surface area contributed by atoms with Crippen LogP contribution in [0.15, 0.2) is 200 Å². The summed E-state index contributed by atoms with van der Waals surface area (Å²) in [7, 11) is 0. The van der Waals surface area contributed by atoms with Gasteiger partial charge in [-0.25, -0.2) is 0 Å². The third-order valence-corrected chi connectivity index (χ3v) is 15.1. The fourth-order valence-corrected chi connectivity index (χ4v) is 11.6. The van der Waals surface area contributed by atoms with Crippen LogP contribution in [0, 0.1) is 0 Å². The minimum absolute atomic E-state index is 0.00826. The van der Waals surface area contributed by atoms with Gasteiger partial charge < -0.3 is 4.90 Å². The largest absolute Gasteiger partial charge is 0.311 e. The van der Waals surface area contributed by atoms with E-state index in [9.17, 15) is 0 Å². The Morgan fingerprint density at radius 1 is 0.234 bits per heavy atom. The van der Waals surface area contributed by atoms with E-state index < -0.39 is 0 Å². The summed E-state index contributed by atoms with van der Waals surface area (Å²) >= 11 is 0. The standard InChI is InChI=1S/C63H51N/c1-61(2)55-16-10-7-13-49(55)52-37-43(25-34-58(52)61)40-19-28-46(29-20-40)64(47-30-21-41(22-31-47)44-26-35-59-53(38-44)50-14-8-11-17-56(50)62(59,3)4)48-32-23-42(24-33-48)45-27-36-60-54(39-45)51-15-9-12-18-57(51)63(60,5)6/h7-39H,1-6H3. The van der Waals surface area contributed by atoms with Crippen LogP contribution in [-0.4, -0.2) is 0 Å². The number of nitrogens with zero attached hydrogens (tertiary/aromatic N) is 1. The molecule has 308 valence electrons. The van der Waals surface area contributed by atoms with Gasteiger partial charge in [0.25, 0.3) is 0 Å². The first-order valence-corrected chi connectivity index (χ1v) is 22.8. The zero-order chi connectivity index (χ0) is 43.5. The minimum Gasteiger partial charge on any atom is -0.311 e. The first-order valence-electron chi connectivity index (χ1n) is 22.8. The summed E-state index contributed by atoms with van der Waals surface area (Å²) in [6.45, 7) is 14.1. The summed E-state index contributed by atoms with van der Waals surface area (Å²) in [6.07, 6.45) is 0. The van der Waals surface area contributed by atoms with E-state index in [2.05, 4.69) is 247 Å². The smallest absolute Gasteiger partial charge is 0.0462 e. The van der Waals surface area contributed by atoms with Crippen LogP contribution in [0.25, 0.3) is 66.8 Å². The fourth-order valence-electron chi connectivity index (χ4n) is 11.6. The van der Waals surface area contributed by atoms with Gasteiger partial charge in [0, 0.05) is 33.3 Å². The van der Waals surface area contributed by atoms with Gasteiger partial charge in [0.1, 0.15) is 0 Å². The fraction of sp³-hybridized carbons (Fsp3) is 0.143. The molecule has 3 aliphatic carbocycles. The highest BCUT2D eigenvalue weighted by molar-refractivity contribution is 5.89. The summed E-state index contributed by atoms with van der Waals surface area (Å²) in [6, 6.07) is 75.2. The summed E-state index contributed by atoms with van der Waals surface area (Å²) < 4.78 is 0. The number of hydrogen-bond donors (Lipinski definition) is 0. The van der Waals surface area contributed by atoms with Gasteiger partial charge in [0.05, 0.1) is 0 Å². The van der Waals surface area contributed by atoms with Crippen LogP contribution in [0.1, 0.15) is 74.9 Å². The SMILES string of the molecule is CC1(C)c2ccccc2-c2cc(-c3ccc(N(c4ccc(-c5ccc6c(c5)-c5ccccc5C6(C)C)cc4)c4ccc(-c5ccc6c(c5)-c5ccccc5C6(C)C)cc4)cc3)ccc21. The summed E-state index contributed by atoms with van der Waals surface area (Å²) in [5, 5.41) is 0. The highest BCUT2D eigenvalue weighted by atomic mass is 15.1. The second-order valence-corrected chi connectivity index (χ2v) is 19.8. The van der Waals surface area contributed by atoms with Gasteiger partial charge in [-0.2, -0.15) is 0 Å².